The highest BCUT2D eigenvalue weighted by atomic mass is 16.7. The fourth-order valence-corrected chi connectivity index (χ4v) is 7.26. The number of amides is 1. The number of carbonyl (C=O) groups is 1. The van der Waals surface area contributed by atoms with Crippen LogP contribution in [0.1, 0.15) is 168 Å². The Kier molecular flexibility index (Phi) is 43.6. The van der Waals surface area contributed by atoms with Crippen molar-refractivity contribution in [3.8, 4) is 0 Å². The highest BCUT2D eigenvalue weighted by Gasteiger charge is 2.44. The lowest BCUT2D eigenvalue weighted by atomic mass is 9.99. The van der Waals surface area contributed by atoms with Gasteiger partial charge in [-0.05, 0) is 103 Å². The molecule has 0 aliphatic carbocycles. The van der Waals surface area contributed by atoms with Crippen LogP contribution in [0.2, 0.25) is 0 Å². The molecule has 6 N–H and O–H groups in total. The standard InChI is InChI=1S/C60H95NO8/c1-3-5-7-9-11-12-13-14-15-16-17-18-19-20-21-22-23-24-25-26-27-28-29-30-31-32-33-34-35-36-37-38-39-40-41-42-44-46-48-50-56(64)61-53(54(63)49-47-45-43-10-8-6-4-2)52-68-60-59(67)58(66)57(65)55(51-62)69-60/h5,7,11-12,14-15,17-18,20-21,23-24,26-27,29-30,32-33,35-36,38-39,41-42,53-55,57-60,62-63,65-67H,3-4,6,8-10,13,16,19,22,25,28,31,34,37,40,43-52H2,1-2H3,(H,61,64)/b7-5-,12-11-,15-14-,18-17-,21-20-,24-23-,27-26-,30-29-,33-32-,36-35-,39-38-,42-41-. The lowest BCUT2D eigenvalue weighted by molar-refractivity contribution is -0.302. The molecule has 9 heteroatoms. The third kappa shape index (κ3) is 37.6. The van der Waals surface area contributed by atoms with Crippen LogP contribution in [0.3, 0.4) is 0 Å². The summed E-state index contributed by atoms with van der Waals surface area (Å²) in [6.07, 6.45) is 67.6. The van der Waals surface area contributed by atoms with E-state index in [1.165, 1.54) is 25.7 Å². The average Bonchev–Trinajstić information content (AvgIpc) is 3.35. The van der Waals surface area contributed by atoms with Gasteiger partial charge in [0.05, 0.1) is 25.4 Å². The third-order valence-corrected chi connectivity index (χ3v) is 11.5. The topological polar surface area (TPSA) is 149 Å². The van der Waals surface area contributed by atoms with Crippen molar-refractivity contribution in [3.05, 3.63) is 146 Å². The first-order chi connectivity index (χ1) is 33.8. The molecule has 1 saturated heterocycles. The number of ether oxygens (including phenoxy) is 2. The largest absolute Gasteiger partial charge is 0.394 e. The van der Waals surface area contributed by atoms with E-state index in [9.17, 15) is 30.3 Å². The van der Waals surface area contributed by atoms with Crippen LogP contribution in [0.5, 0.6) is 0 Å². The molecule has 1 rings (SSSR count). The minimum atomic E-state index is -1.57. The van der Waals surface area contributed by atoms with E-state index in [4.69, 9.17) is 9.47 Å². The average molecular weight is 958 g/mol. The number of allylic oxidation sites excluding steroid dienone is 24. The molecule has 1 heterocycles. The molecule has 0 radical (unpaired) electrons. The second kappa shape index (κ2) is 47.7. The van der Waals surface area contributed by atoms with E-state index in [-0.39, 0.29) is 12.5 Å². The van der Waals surface area contributed by atoms with Gasteiger partial charge in [0, 0.05) is 6.42 Å². The van der Waals surface area contributed by atoms with Gasteiger partial charge in [0.15, 0.2) is 6.29 Å². The molecule has 0 spiro atoms. The molecule has 7 unspecified atom stereocenters. The minimum absolute atomic E-state index is 0.167. The third-order valence-electron chi connectivity index (χ3n) is 11.5. The van der Waals surface area contributed by atoms with Crippen LogP contribution in [-0.2, 0) is 14.3 Å². The lowest BCUT2D eigenvalue weighted by Crippen LogP contribution is -2.60. The van der Waals surface area contributed by atoms with Crippen molar-refractivity contribution in [1.29, 1.82) is 0 Å². The van der Waals surface area contributed by atoms with Gasteiger partial charge in [-0.1, -0.05) is 205 Å². The number of hydrogen-bond acceptors (Lipinski definition) is 8. The number of aliphatic hydroxyl groups excluding tert-OH is 5. The second-order valence-electron chi connectivity index (χ2n) is 17.6. The Morgan fingerprint density at radius 3 is 1.30 bits per heavy atom. The first kappa shape index (κ1) is 63.1. The van der Waals surface area contributed by atoms with E-state index in [1.807, 2.05) is 0 Å². The van der Waals surface area contributed by atoms with Crippen LogP contribution in [0, 0.1) is 0 Å². The van der Waals surface area contributed by atoms with Gasteiger partial charge in [0.25, 0.3) is 0 Å². The van der Waals surface area contributed by atoms with Crippen molar-refractivity contribution in [2.24, 2.45) is 0 Å². The first-order valence-electron chi connectivity index (χ1n) is 26.5. The molecule has 0 aromatic heterocycles. The SMILES string of the molecule is CC/C=C\C/C=C\C/C=C\C/C=C\C/C=C\C/C=C\C/C=C\C/C=C\C/C=C\C/C=C\C/C=C\C/C=C\CCCCC(=O)NC(COC1OC(CO)C(O)C(O)C1O)C(O)CCCCCCCCC. The predicted molar refractivity (Wildman–Crippen MR) is 289 cm³/mol. The van der Waals surface area contributed by atoms with E-state index >= 15 is 0 Å². The number of unbranched alkanes of at least 4 members (excludes halogenated alkanes) is 8. The number of nitrogens with one attached hydrogen (secondary N) is 1. The summed E-state index contributed by atoms with van der Waals surface area (Å²) in [7, 11) is 0. The molecule has 1 aliphatic rings. The maximum atomic E-state index is 12.9. The molecule has 69 heavy (non-hydrogen) atoms. The quantitative estimate of drug-likeness (QED) is 0.0262. The van der Waals surface area contributed by atoms with Crippen molar-refractivity contribution in [2.45, 2.75) is 211 Å². The van der Waals surface area contributed by atoms with E-state index in [0.717, 1.165) is 109 Å². The molecule has 1 amide bonds. The monoisotopic (exact) mass is 958 g/mol. The molecule has 0 aromatic rings. The maximum absolute atomic E-state index is 12.9. The Bertz CT molecular complexity index is 1580. The number of hydrogen-bond donors (Lipinski definition) is 6. The van der Waals surface area contributed by atoms with Gasteiger partial charge in [-0.3, -0.25) is 4.79 Å². The normalized spacial score (nSPS) is 20.7. The van der Waals surface area contributed by atoms with Crippen molar-refractivity contribution in [3.63, 3.8) is 0 Å². The van der Waals surface area contributed by atoms with Crippen LogP contribution in [0.15, 0.2) is 146 Å². The Morgan fingerprint density at radius 1 is 0.507 bits per heavy atom. The van der Waals surface area contributed by atoms with Gasteiger partial charge in [-0.25, -0.2) is 0 Å². The van der Waals surface area contributed by atoms with Crippen LogP contribution in [0.25, 0.3) is 0 Å². The molecular formula is C60H95NO8. The summed E-state index contributed by atoms with van der Waals surface area (Å²) in [5.41, 5.74) is 0. The summed E-state index contributed by atoms with van der Waals surface area (Å²) in [5.74, 6) is -0.198. The summed E-state index contributed by atoms with van der Waals surface area (Å²) in [5, 5.41) is 54.1. The number of aliphatic hydroxyl groups is 5. The van der Waals surface area contributed by atoms with Gasteiger partial charge in [0.1, 0.15) is 24.4 Å². The molecule has 388 valence electrons. The van der Waals surface area contributed by atoms with E-state index in [1.54, 1.807) is 0 Å². The van der Waals surface area contributed by atoms with Gasteiger partial charge in [-0.15, -0.1) is 0 Å². The molecule has 0 aromatic carbocycles. The first-order valence-corrected chi connectivity index (χ1v) is 26.5. The number of carbonyl (C=O) groups excluding carboxylic acids is 1. The zero-order valence-corrected chi connectivity index (χ0v) is 42.7. The molecule has 1 fully saturated rings. The highest BCUT2D eigenvalue weighted by molar-refractivity contribution is 5.76. The smallest absolute Gasteiger partial charge is 0.220 e. The number of rotatable bonds is 42. The Labute approximate surface area is 419 Å². The predicted octanol–water partition coefficient (Wildman–Crippen LogP) is 12.7. The molecule has 9 nitrogen and oxygen atoms in total. The summed E-state index contributed by atoms with van der Waals surface area (Å²) < 4.78 is 11.2. The van der Waals surface area contributed by atoms with Crippen LogP contribution in [-0.4, -0.2) is 87.5 Å². The lowest BCUT2D eigenvalue weighted by Gasteiger charge is -2.40. The van der Waals surface area contributed by atoms with Crippen molar-refractivity contribution in [2.75, 3.05) is 13.2 Å². The summed E-state index contributed by atoms with van der Waals surface area (Å²) in [6, 6.07) is -0.750. The molecule has 1 aliphatic heterocycles. The summed E-state index contributed by atoms with van der Waals surface area (Å²) in [4.78, 5) is 12.9. The maximum Gasteiger partial charge on any atom is 0.220 e. The summed E-state index contributed by atoms with van der Waals surface area (Å²) >= 11 is 0. The van der Waals surface area contributed by atoms with E-state index < -0.39 is 49.5 Å². The zero-order chi connectivity index (χ0) is 50.1. The Morgan fingerprint density at radius 2 is 0.899 bits per heavy atom. The van der Waals surface area contributed by atoms with Gasteiger partial charge in [-0.2, -0.15) is 0 Å². The molecule has 0 bridgehead atoms. The Hall–Kier alpha value is -3.93. The van der Waals surface area contributed by atoms with Gasteiger partial charge in [0.2, 0.25) is 5.91 Å². The van der Waals surface area contributed by atoms with Crippen LogP contribution >= 0.6 is 0 Å². The Balaban J connectivity index is 2.17. The molecule has 7 atom stereocenters. The zero-order valence-electron chi connectivity index (χ0n) is 42.7. The van der Waals surface area contributed by atoms with Gasteiger partial charge < -0.3 is 40.3 Å². The summed E-state index contributed by atoms with van der Waals surface area (Å²) in [6.45, 7) is 3.61. The van der Waals surface area contributed by atoms with E-state index in [0.29, 0.717) is 19.3 Å². The van der Waals surface area contributed by atoms with Crippen LogP contribution in [0.4, 0.5) is 0 Å². The van der Waals surface area contributed by atoms with Crippen molar-refractivity contribution < 1.29 is 39.8 Å². The second-order valence-corrected chi connectivity index (χ2v) is 17.6. The van der Waals surface area contributed by atoms with Crippen molar-refractivity contribution >= 4 is 5.91 Å². The van der Waals surface area contributed by atoms with Crippen LogP contribution < -0.4 is 5.32 Å². The van der Waals surface area contributed by atoms with Gasteiger partial charge >= 0.3 is 0 Å². The van der Waals surface area contributed by atoms with E-state index in [2.05, 4.69) is 165 Å². The van der Waals surface area contributed by atoms with Crippen molar-refractivity contribution in [1.82, 2.24) is 5.32 Å². The fraction of sp³-hybridized carbons (Fsp3) is 0.583. The minimum Gasteiger partial charge on any atom is -0.394 e. The highest BCUT2D eigenvalue weighted by Crippen LogP contribution is 2.23. The molecule has 0 saturated carbocycles. The fourth-order valence-electron chi connectivity index (χ4n) is 7.26. The molecular weight excluding hydrogens is 863 g/mol.